The molecule has 0 saturated carbocycles. The van der Waals surface area contributed by atoms with E-state index in [1.54, 1.807) is 4.57 Å². The van der Waals surface area contributed by atoms with Crippen molar-refractivity contribution in [1.29, 1.82) is 0 Å². The molecule has 0 N–H and O–H groups in total. The second-order valence-electron chi connectivity index (χ2n) is 9.53. The summed E-state index contributed by atoms with van der Waals surface area (Å²) in [5.74, 6) is 1.65. The summed E-state index contributed by atoms with van der Waals surface area (Å²) in [7, 11) is 0. The summed E-state index contributed by atoms with van der Waals surface area (Å²) in [6.45, 7) is 12.2. The van der Waals surface area contributed by atoms with Gasteiger partial charge in [0.15, 0.2) is 11.0 Å². The van der Waals surface area contributed by atoms with Gasteiger partial charge in [-0.3, -0.25) is 9.20 Å². The van der Waals surface area contributed by atoms with Crippen LogP contribution in [0.25, 0.3) is 22.4 Å². The Labute approximate surface area is 201 Å². The van der Waals surface area contributed by atoms with Crippen LogP contribution >= 0.6 is 11.8 Å². The zero-order chi connectivity index (χ0) is 24.2. The number of fused-ring (bicyclic) bond motifs is 3. The van der Waals surface area contributed by atoms with E-state index in [0.29, 0.717) is 28.0 Å². The highest BCUT2D eigenvalue weighted by Crippen LogP contribution is 2.35. The molecule has 0 aliphatic rings. The van der Waals surface area contributed by atoms with E-state index >= 15 is 0 Å². The first-order chi connectivity index (χ1) is 16.1. The van der Waals surface area contributed by atoms with Gasteiger partial charge in [0.2, 0.25) is 11.7 Å². The highest BCUT2D eigenvalue weighted by atomic mass is 32.2. The molecular weight excluding hydrogens is 448 g/mol. The Morgan fingerprint density at radius 2 is 1.82 bits per heavy atom. The number of hydrogen-bond acceptors (Lipinski definition) is 7. The molecule has 1 unspecified atom stereocenters. The van der Waals surface area contributed by atoms with E-state index in [-0.39, 0.29) is 16.2 Å². The maximum atomic E-state index is 13.6. The minimum atomic E-state index is -0.203. The number of para-hydroxylation sites is 1. The SMILES string of the molecule is Cc1ccc(-n2c(=O)c3ccccc3n3c(SC(C)c4nc(C(C)(C)C)no4)nnc23)c(C)c1. The molecule has 5 rings (SSSR count). The van der Waals surface area contributed by atoms with Gasteiger partial charge in [-0.15, -0.1) is 10.2 Å². The van der Waals surface area contributed by atoms with E-state index < -0.39 is 0 Å². The van der Waals surface area contributed by atoms with Gasteiger partial charge in [-0.1, -0.05) is 67.5 Å². The van der Waals surface area contributed by atoms with Gasteiger partial charge in [-0.25, -0.2) is 4.57 Å². The molecule has 0 aliphatic carbocycles. The lowest BCUT2D eigenvalue weighted by Crippen LogP contribution is -2.22. The fourth-order valence-corrected chi connectivity index (χ4v) is 4.83. The van der Waals surface area contributed by atoms with Crippen LogP contribution in [0.3, 0.4) is 0 Å². The topological polar surface area (TPSA) is 91.1 Å². The van der Waals surface area contributed by atoms with Crippen LogP contribution in [0.5, 0.6) is 0 Å². The number of rotatable bonds is 4. The van der Waals surface area contributed by atoms with E-state index in [0.717, 1.165) is 22.3 Å². The number of nitrogens with zero attached hydrogens (tertiary/aromatic N) is 6. The molecule has 3 aromatic heterocycles. The van der Waals surface area contributed by atoms with Crippen LogP contribution in [0.2, 0.25) is 0 Å². The molecule has 1 atom stereocenters. The zero-order valence-corrected chi connectivity index (χ0v) is 20.8. The largest absolute Gasteiger partial charge is 0.338 e. The molecule has 2 aromatic carbocycles. The van der Waals surface area contributed by atoms with Gasteiger partial charge in [0.1, 0.15) is 0 Å². The first-order valence-corrected chi connectivity index (χ1v) is 12.0. The summed E-state index contributed by atoms with van der Waals surface area (Å²) in [4.78, 5) is 18.2. The third-order valence-electron chi connectivity index (χ3n) is 5.73. The molecule has 0 radical (unpaired) electrons. The van der Waals surface area contributed by atoms with Crippen molar-refractivity contribution in [3.63, 3.8) is 0 Å². The Kier molecular flexibility index (Phi) is 5.31. The zero-order valence-electron chi connectivity index (χ0n) is 20.0. The van der Waals surface area contributed by atoms with Crippen molar-refractivity contribution >= 4 is 28.4 Å². The van der Waals surface area contributed by atoms with Crippen LogP contribution in [0.1, 0.15) is 55.8 Å². The second-order valence-corrected chi connectivity index (χ2v) is 10.8. The lowest BCUT2D eigenvalue weighted by atomic mass is 9.96. The lowest BCUT2D eigenvalue weighted by Gasteiger charge is -2.14. The minimum absolute atomic E-state index is 0.126. The monoisotopic (exact) mass is 474 g/mol. The van der Waals surface area contributed by atoms with Crippen molar-refractivity contribution in [3.8, 4) is 5.69 Å². The van der Waals surface area contributed by atoms with Crippen LogP contribution in [0, 0.1) is 13.8 Å². The Bertz CT molecular complexity index is 1590. The van der Waals surface area contributed by atoms with Crippen molar-refractivity contribution < 1.29 is 4.52 Å². The van der Waals surface area contributed by atoms with Crippen LogP contribution in [-0.2, 0) is 5.41 Å². The third kappa shape index (κ3) is 3.69. The molecule has 0 spiro atoms. The summed E-state index contributed by atoms with van der Waals surface area (Å²) >= 11 is 1.47. The van der Waals surface area contributed by atoms with E-state index in [1.807, 2.05) is 82.3 Å². The normalized spacial score (nSPS) is 13.1. The Balaban J connectivity index is 1.69. The maximum Gasteiger partial charge on any atom is 0.267 e. The Morgan fingerprint density at radius 3 is 2.53 bits per heavy atom. The summed E-state index contributed by atoms with van der Waals surface area (Å²) in [6.07, 6.45) is 0. The fraction of sp³-hybridized carbons (Fsp3) is 0.320. The molecule has 174 valence electrons. The average Bonchev–Trinajstić information content (AvgIpc) is 3.43. The average molecular weight is 475 g/mol. The maximum absolute atomic E-state index is 13.6. The lowest BCUT2D eigenvalue weighted by molar-refractivity contribution is 0.364. The van der Waals surface area contributed by atoms with Gasteiger partial charge in [-0.2, -0.15) is 4.98 Å². The van der Waals surface area contributed by atoms with Crippen molar-refractivity contribution in [2.75, 3.05) is 0 Å². The number of thioether (sulfide) groups is 1. The quantitative estimate of drug-likeness (QED) is 0.331. The summed E-state index contributed by atoms with van der Waals surface area (Å²) < 4.78 is 9.12. The molecule has 9 heteroatoms. The third-order valence-corrected chi connectivity index (χ3v) is 6.76. The molecule has 0 fully saturated rings. The first kappa shape index (κ1) is 22.3. The van der Waals surface area contributed by atoms with E-state index in [9.17, 15) is 4.79 Å². The molecule has 0 aliphatic heterocycles. The standard InChI is InChI=1S/C25H26N6O2S/c1-14-11-12-18(15(2)13-14)30-21(32)17-9-7-8-10-19(17)31-23(30)27-28-24(31)34-16(3)20-26-22(29-33-20)25(4,5)6/h7-13,16H,1-6H3. The Morgan fingerprint density at radius 1 is 1.06 bits per heavy atom. The minimum Gasteiger partial charge on any atom is -0.338 e. The predicted octanol–water partition coefficient (Wildman–Crippen LogP) is 5.18. The van der Waals surface area contributed by atoms with Gasteiger partial charge in [0.25, 0.3) is 5.56 Å². The van der Waals surface area contributed by atoms with Gasteiger partial charge >= 0.3 is 0 Å². The second kappa shape index (κ2) is 8.09. The molecule has 0 amide bonds. The molecule has 34 heavy (non-hydrogen) atoms. The molecule has 0 bridgehead atoms. The van der Waals surface area contributed by atoms with Crippen molar-refractivity contribution in [1.82, 2.24) is 29.3 Å². The smallest absolute Gasteiger partial charge is 0.267 e. The van der Waals surface area contributed by atoms with E-state index in [4.69, 9.17) is 4.52 Å². The first-order valence-electron chi connectivity index (χ1n) is 11.1. The van der Waals surface area contributed by atoms with Crippen molar-refractivity contribution in [3.05, 3.63) is 75.7 Å². The number of aryl methyl sites for hydroxylation is 2. The van der Waals surface area contributed by atoms with E-state index in [1.165, 1.54) is 11.8 Å². The highest BCUT2D eigenvalue weighted by molar-refractivity contribution is 7.99. The Hall–Kier alpha value is -3.46. The molecule has 5 aromatic rings. The number of aromatic nitrogens is 6. The van der Waals surface area contributed by atoms with Crippen LogP contribution < -0.4 is 5.56 Å². The van der Waals surface area contributed by atoms with Gasteiger partial charge in [0.05, 0.1) is 21.8 Å². The van der Waals surface area contributed by atoms with Gasteiger partial charge in [-0.05, 0) is 44.5 Å². The van der Waals surface area contributed by atoms with Crippen molar-refractivity contribution in [2.45, 2.75) is 57.4 Å². The van der Waals surface area contributed by atoms with Gasteiger partial charge < -0.3 is 4.52 Å². The highest BCUT2D eigenvalue weighted by Gasteiger charge is 2.26. The molecule has 0 saturated heterocycles. The number of benzene rings is 2. The van der Waals surface area contributed by atoms with Crippen LogP contribution in [-0.4, -0.2) is 29.3 Å². The fourth-order valence-electron chi connectivity index (χ4n) is 3.94. The van der Waals surface area contributed by atoms with E-state index in [2.05, 4.69) is 26.4 Å². The van der Waals surface area contributed by atoms with Crippen LogP contribution in [0.15, 0.2) is 56.9 Å². The number of hydrogen-bond donors (Lipinski definition) is 0. The predicted molar refractivity (Wildman–Crippen MR) is 133 cm³/mol. The summed E-state index contributed by atoms with van der Waals surface area (Å²) in [5.41, 5.74) is 3.33. The van der Waals surface area contributed by atoms with Gasteiger partial charge in [0, 0.05) is 5.41 Å². The molecule has 3 heterocycles. The summed E-state index contributed by atoms with van der Waals surface area (Å²) in [5, 5.41) is 14.1. The summed E-state index contributed by atoms with van der Waals surface area (Å²) in [6, 6.07) is 13.5. The molecular formula is C25H26N6O2S. The van der Waals surface area contributed by atoms with Crippen molar-refractivity contribution in [2.24, 2.45) is 0 Å². The van der Waals surface area contributed by atoms with Crippen LogP contribution in [0.4, 0.5) is 0 Å². The molecule has 8 nitrogen and oxygen atoms in total.